The van der Waals surface area contributed by atoms with E-state index in [1.807, 2.05) is 18.2 Å². The first-order valence-electron chi connectivity index (χ1n) is 9.47. The summed E-state index contributed by atoms with van der Waals surface area (Å²) in [6.07, 6.45) is 3.45. The van der Waals surface area contributed by atoms with Gasteiger partial charge in [0.2, 0.25) is 0 Å². The van der Waals surface area contributed by atoms with E-state index in [2.05, 4.69) is 26.2 Å². The number of hydrogen-bond acceptors (Lipinski definition) is 6. The number of halogens is 2. The summed E-state index contributed by atoms with van der Waals surface area (Å²) in [5.41, 5.74) is 2.51. The number of aromatic nitrogens is 4. The van der Waals surface area contributed by atoms with Crippen molar-refractivity contribution in [2.75, 3.05) is 13.7 Å². The van der Waals surface area contributed by atoms with Gasteiger partial charge in [0.15, 0.2) is 11.6 Å². The Kier molecular flexibility index (Phi) is 5.77. The fourth-order valence-corrected chi connectivity index (χ4v) is 3.73. The molecule has 0 bridgehead atoms. The molecule has 0 amide bonds. The summed E-state index contributed by atoms with van der Waals surface area (Å²) in [6, 6.07) is 9.76. The molecule has 9 heteroatoms. The Labute approximate surface area is 167 Å². The highest BCUT2D eigenvalue weighted by Gasteiger charge is 2.26. The topological polar surface area (TPSA) is 76.9 Å². The quantitative estimate of drug-likeness (QED) is 0.662. The van der Waals surface area contributed by atoms with Gasteiger partial charge in [-0.3, -0.25) is 0 Å². The smallest absolute Gasteiger partial charge is 0.159 e. The molecule has 1 saturated heterocycles. The molecule has 1 fully saturated rings. The van der Waals surface area contributed by atoms with Crippen molar-refractivity contribution in [1.29, 1.82) is 0 Å². The van der Waals surface area contributed by atoms with Gasteiger partial charge >= 0.3 is 0 Å². The highest BCUT2D eigenvalue weighted by Crippen LogP contribution is 2.27. The minimum atomic E-state index is -0.835. The van der Waals surface area contributed by atoms with Gasteiger partial charge in [0.05, 0.1) is 12.8 Å². The number of rotatable bonds is 6. The van der Waals surface area contributed by atoms with Crippen LogP contribution in [0.4, 0.5) is 8.78 Å². The van der Waals surface area contributed by atoms with Gasteiger partial charge in [-0.25, -0.2) is 13.5 Å². The highest BCUT2D eigenvalue weighted by atomic mass is 19.2. The van der Waals surface area contributed by atoms with E-state index >= 15 is 0 Å². The van der Waals surface area contributed by atoms with Crippen LogP contribution in [0.2, 0.25) is 0 Å². The summed E-state index contributed by atoms with van der Waals surface area (Å²) in [4.78, 5) is 0. The van der Waals surface area contributed by atoms with Crippen LogP contribution < -0.4 is 15.4 Å². The van der Waals surface area contributed by atoms with Crippen molar-refractivity contribution in [3.05, 3.63) is 65.5 Å². The van der Waals surface area contributed by atoms with Crippen molar-refractivity contribution in [2.45, 2.75) is 31.5 Å². The standard InChI is InChI=1S/C20H22F2N6O/c1-29-19-7-5-15(28-12-25-26-27-28)9-14(19)11-24-18-3-2-8-23-20(18)13-4-6-16(21)17(22)10-13/h4-7,9-10,12,18,20,23-24H,2-3,8,11H2,1H3/t18-,20-/m1/s1. The zero-order chi connectivity index (χ0) is 20.2. The molecule has 1 aliphatic rings. The first kappa shape index (κ1) is 19.4. The predicted octanol–water partition coefficient (Wildman–Crippen LogP) is 2.53. The zero-order valence-electron chi connectivity index (χ0n) is 16.0. The summed E-state index contributed by atoms with van der Waals surface area (Å²) in [5, 5.41) is 18.2. The molecule has 2 N–H and O–H groups in total. The normalized spacial score (nSPS) is 19.3. The van der Waals surface area contributed by atoms with Gasteiger partial charge in [-0.2, -0.15) is 0 Å². The second-order valence-electron chi connectivity index (χ2n) is 6.99. The molecular formula is C20H22F2N6O. The third-order valence-corrected chi connectivity index (χ3v) is 5.19. The van der Waals surface area contributed by atoms with E-state index in [0.717, 1.165) is 42.0 Å². The van der Waals surface area contributed by atoms with Crippen LogP contribution in [-0.2, 0) is 6.54 Å². The predicted molar refractivity (Wildman–Crippen MR) is 103 cm³/mol. The summed E-state index contributed by atoms with van der Waals surface area (Å²) < 4.78 is 34.1. The fourth-order valence-electron chi connectivity index (χ4n) is 3.73. The van der Waals surface area contributed by atoms with E-state index in [9.17, 15) is 8.78 Å². The van der Waals surface area contributed by atoms with Gasteiger partial charge in [0.25, 0.3) is 0 Å². The molecule has 152 valence electrons. The SMILES string of the molecule is COc1ccc(-n2cnnn2)cc1CN[C@@H]1CCCN[C@@H]1c1ccc(F)c(F)c1. The average molecular weight is 400 g/mol. The number of tetrazole rings is 1. The molecular weight excluding hydrogens is 378 g/mol. The summed E-state index contributed by atoms with van der Waals surface area (Å²) in [7, 11) is 1.63. The van der Waals surface area contributed by atoms with E-state index in [-0.39, 0.29) is 12.1 Å². The van der Waals surface area contributed by atoms with E-state index in [1.54, 1.807) is 17.9 Å². The second kappa shape index (κ2) is 8.62. The van der Waals surface area contributed by atoms with Crippen LogP contribution in [-0.4, -0.2) is 39.9 Å². The molecule has 1 aliphatic heterocycles. The molecule has 2 atom stereocenters. The van der Waals surface area contributed by atoms with Gasteiger partial charge in [-0.1, -0.05) is 6.07 Å². The van der Waals surface area contributed by atoms with Crippen molar-refractivity contribution < 1.29 is 13.5 Å². The van der Waals surface area contributed by atoms with Crippen molar-refractivity contribution >= 4 is 0 Å². The van der Waals surface area contributed by atoms with E-state index in [4.69, 9.17) is 4.74 Å². The number of hydrogen-bond donors (Lipinski definition) is 2. The lowest BCUT2D eigenvalue weighted by atomic mass is 9.92. The first-order valence-corrected chi connectivity index (χ1v) is 9.47. The molecule has 0 saturated carbocycles. The summed E-state index contributed by atoms with van der Waals surface area (Å²) in [5.74, 6) is -0.912. The van der Waals surface area contributed by atoms with E-state index in [0.29, 0.717) is 6.54 Å². The maximum atomic E-state index is 13.7. The summed E-state index contributed by atoms with van der Waals surface area (Å²) >= 11 is 0. The van der Waals surface area contributed by atoms with Crippen LogP contribution in [0.3, 0.4) is 0 Å². The maximum absolute atomic E-state index is 13.7. The number of nitrogens with zero attached hydrogens (tertiary/aromatic N) is 4. The molecule has 29 heavy (non-hydrogen) atoms. The van der Waals surface area contributed by atoms with Gasteiger partial charge in [0, 0.05) is 24.2 Å². The average Bonchev–Trinajstić information content (AvgIpc) is 3.29. The number of methoxy groups -OCH3 is 1. The third-order valence-electron chi connectivity index (χ3n) is 5.19. The monoisotopic (exact) mass is 400 g/mol. The first-order chi connectivity index (χ1) is 14.2. The lowest BCUT2D eigenvalue weighted by molar-refractivity contribution is 0.302. The Morgan fingerprint density at radius 2 is 2.10 bits per heavy atom. The van der Waals surface area contributed by atoms with Crippen LogP contribution in [0.5, 0.6) is 5.75 Å². The Bertz CT molecular complexity index is 966. The Balaban J connectivity index is 1.53. The molecule has 4 rings (SSSR count). The van der Waals surface area contributed by atoms with Crippen LogP contribution >= 0.6 is 0 Å². The maximum Gasteiger partial charge on any atom is 0.159 e. The second-order valence-corrected chi connectivity index (χ2v) is 6.99. The van der Waals surface area contributed by atoms with Crippen LogP contribution in [0.15, 0.2) is 42.7 Å². The minimum Gasteiger partial charge on any atom is -0.496 e. The molecule has 2 heterocycles. The molecule has 2 aromatic carbocycles. The fraction of sp³-hybridized carbons (Fsp3) is 0.350. The van der Waals surface area contributed by atoms with Crippen molar-refractivity contribution in [3.8, 4) is 11.4 Å². The number of nitrogens with one attached hydrogen (secondary N) is 2. The van der Waals surface area contributed by atoms with Crippen molar-refractivity contribution in [2.24, 2.45) is 0 Å². The van der Waals surface area contributed by atoms with Gasteiger partial charge in [0.1, 0.15) is 12.1 Å². The van der Waals surface area contributed by atoms with Crippen molar-refractivity contribution in [1.82, 2.24) is 30.8 Å². The van der Waals surface area contributed by atoms with Gasteiger partial charge in [-0.05, 0) is 65.7 Å². The molecule has 1 aromatic heterocycles. The van der Waals surface area contributed by atoms with Crippen LogP contribution in [0.1, 0.15) is 30.0 Å². The molecule has 3 aromatic rings. The Morgan fingerprint density at radius 3 is 2.86 bits per heavy atom. The molecule has 0 radical (unpaired) electrons. The molecule has 0 spiro atoms. The Hall–Kier alpha value is -2.91. The highest BCUT2D eigenvalue weighted by molar-refractivity contribution is 5.43. The number of ether oxygens (including phenoxy) is 1. The molecule has 0 aliphatic carbocycles. The number of piperidine rings is 1. The minimum absolute atomic E-state index is 0.0648. The van der Waals surface area contributed by atoms with Crippen LogP contribution in [0, 0.1) is 11.6 Å². The summed E-state index contributed by atoms with van der Waals surface area (Å²) in [6.45, 7) is 1.38. The molecule has 0 unspecified atom stereocenters. The van der Waals surface area contributed by atoms with Crippen molar-refractivity contribution in [3.63, 3.8) is 0 Å². The lowest BCUT2D eigenvalue weighted by Gasteiger charge is -2.34. The van der Waals surface area contributed by atoms with Gasteiger partial charge in [-0.15, -0.1) is 5.10 Å². The van der Waals surface area contributed by atoms with Gasteiger partial charge < -0.3 is 15.4 Å². The van der Waals surface area contributed by atoms with Crippen LogP contribution in [0.25, 0.3) is 5.69 Å². The largest absolute Gasteiger partial charge is 0.496 e. The number of benzene rings is 2. The van der Waals surface area contributed by atoms with E-state index in [1.165, 1.54) is 18.5 Å². The van der Waals surface area contributed by atoms with E-state index < -0.39 is 11.6 Å². The third kappa shape index (κ3) is 4.25. The Morgan fingerprint density at radius 1 is 1.21 bits per heavy atom. The zero-order valence-corrected chi connectivity index (χ0v) is 16.0. The lowest BCUT2D eigenvalue weighted by Crippen LogP contribution is -2.45. The molecule has 7 nitrogen and oxygen atoms in total.